The predicted octanol–water partition coefficient (Wildman–Crippen LogP) is 3.29. The molecule has 0 radical (unpaired) electrons. The Kier molecular flexibility index (Phi) is 2.74. The highest BCUT2D eigenvalue weighted by Gasteiger charge is 2.20. The molecule has 0 amide bonds. The van der Waals surface area contributed by atoms with Crippen molar-refractivity contribution in [1.82, 2.24) is 14.8 Å². The highest BCUT2D eigenvalue weighted by Crippen LogP contribution is 2.26. The van der Waals surface area contributed by atoms with Crippen molar-refractivity contribution in [2.24, 2.45) is 5.92 Å². The van der Waals surface area contributed by atoms with Crippen LogP contribution in [0.5, 0.6) is 0 Å². The maximum absolute atomic E-state index is 4.33. The second-order valence-corrected chi connectivity index (χ2v) is 5.61. The minimum absolute atomic E-state index is 0.726. The van der Waals surface area contributed by atoms with Gasteiger partial charge in [0.1, 0.15) is 5.82 Å². The van der Waals surface area contributed by atoms with Crippen molar-refractivity contribution in [3.63, 3.8) is 0 Å². The van der Waals surface area contributed by atoms with Crippen LogP contribution in [0, 0.1) is 5.92 Å². The van der Waals surface area contributed by atoms with E-state index in [1.165, 1.54) is 6.42 Å². The minimum Gasteiger partial charge on any atom is -0.311 e. The number of fused-ring (bicyclic) bond motifs is 1. The third-order valence-corrected chi connectivity index (χ3v) is 3.84. The molecule has 0 aliphatic carbocycles. The summed E-state index contributed by atoms with van der Waals surface area (Å²) in [5, 5.41) is 8.64. The summed E-state index contributed by atoms with van der Waals surface area (Å²) in [4.78, 5) is 0. The van der Waals surface area contributed by atoms with Crippen LogP contribution in [0.4, 0.5) is 0 Å². The van der Waals surface area contributed by atoms with Crippen LogP contribution < -0.4 is 0 Å². The van der Waals surface area contributed by atoms with Gasteiger partial charge in [0, 0.05) is 23.0 Å². The summed E-state index contributed by atoms with van der Waals surface area (Å²) in [5.74, 6) is 2.85. The first kappa shape index (κ1) is 11.0. The molecule has 1 unspecified atom stereocenters. The Balaban J connectivity index is 2.02. The molecule has 1 aromatic heterocycles. The van der Waals surface area contributed by atoms with Crippen molar-refractivity contribution in [2.45, 2.75) is 26.3 Å². The van der Waals surface area contributed by atoms with E-state index >= 15 is 0 Å². The Morgan fingerprint density at radius 1 is 1.24 bits per heavy atom. The number of halogens is 1. The molecule has 3 nitrogen and oxygen atoms in total. The molecule has 0 bridgehead atoms. The number of nitrogens with zero attached hydrogens (tertiary/aromatic N) is 3. The van der Waals surface area contributed by atoms with Crippen molar-refractivity contribution >= 4 is 15.9 Å². The first-order chi connectivity index (χ1) is 8.24. The molecule has 2 heterocycles. The predicted molar refractivity (Wildman–Crippen MR) is 70.6 cm³/mol. The van der Waals surface area contributed by atoms with Gasteiger partial charge in [-0.3, -0.25) is 0 Å². The normalized spacial score (nSPS) is 19.1. The van der Waals surface area contributed by atoms with Crippen LogP contribution in [0.15, 0.2) is 28.7 Å². The minimum atomic E-state index is 0.726. The molecule has 17 heavy (non-hydrogen) atoms. The Hall–Kier alpha value is -1.16. The van der Waals surface area contributed by atoms with Crippen LogP contribution in [-0.2, 0) is 13.0 Å². The summed E-state index contributed by atoms with van der Waals surface area (Å²) in [7, 11) is 0. The highest BCUT2D eigenvalue weighted by molar-refractivity contribution is 9.10. The van der Waals surface area contributed by atoms with Crippen LogP contribution in [0.1, 0.15) is 19.2 Å². The van der Waals surface area contributed by atoms with E-state index in [0.29, 0.717) is 0 Å². The molecule has 0 spiro atoms. The monoisotopic (exact) mass is 291 g/mol. The second kappa shape index (κ2) is 4.26. The van der Waals surface area contributed by atoms with Crippen LogP contribution in [-0.4, -0.2) is 14.8 Å². The van der Waals surface area contributed by atoms with E-state index in [4.69, 9.17) is 0 Å². The Labute approximate surface area is 109 Å². The summed E-state index contributed by atoms with van der Waals surface area (Å²) in [6.07, 6.45) is 2.26. The molecule has 0 fully saturated rings. The number of hydrogen-bond donors (Lipinski definition) is 0. The maximum atomic E-state index is 4.33. The van der Waals surface area contributed by atoms with Gasteiger partial charge in [0.25, 0.3) is 0 Å². The van der Waals surface area contributed by atoms with Gasteiger partial charge in [-0.1, -0.05) is 35.0 Å². The average Bonchev–Trinajstić information content (AvgIpc) is 2.73. The van der Waals surface area contributed by atoms with Crippen LogP contribution in [0.2, 0.25) is 0 Å². The molecule has 1 aliphatic heterocycles. The lowest BCUT2D eigenvalue weighted by molar-refractivity contribution is 0.411. The molecule has 1 aromatic carbocycles. The van der Waals surface area contributed by atoms with Gasteiger partial charge in [-0.2, -0.15) is 0 Å². The molecule has 0 N–H and O–H groups in total. The molecule has 1 aliphatic rings. The van der Waals surface area contributed by atoms with E-state index in [-0.39, 0.29) is 0 Å². The number of hydrogen-bond acceptors (Lipinski definition) is 2. The second-order valence-electron chi connectivity index (χ2n) is 4.70. The lowest BCUT2D eigenvalue weighted by Gasteiger charge is -2.20. The smallest absolute Gasteiger partial charge is 0.163 e. The Morgan fingerprint density at radius 2 is 2.00 bits per heavy atom. The highest BCUT2D eigenvalue weighted by atomic mass is 79.9. The van der Waals surface area contributed by atoms with Gasteiger partial charge in [0.15, 0.2) is 5.82 Å². The van der Waals surface area contributed by atoms with Gasteiger partial charge in [-0.15, -0.1) is 10.2 Å². The Bertz CT molecular complexity index is 530. The quantitative estimate of drug-likeness (QED) is 0.807. The van der Waals surface area contributed by atoms with E-state index in [1.54, 1.807) is 0 Å². The maximum Gasteiger partial charge on any atom is 0.163 e. The number of benzene rings is 1. The molecular weight excluding hydrogens is 278 g/mol. The third kappa shape index (κ3) is 2.02. The van der Waals surface area contributed by atoms with Crippen molar-refractivity contribution in [2.75, 3.05) is 0 Å². The van der Waals surface area contributed by atoms with E-state index in [0.717, 1.165) is 40.6 Å². The first-order valence-electron chi connectivity index (χ1n) is 5.92. The Morgan fingerprint density at radius 3 is 2.76 bits per heavy atom. The molecule has 88 valence electrons. The topological polar surface area (TPSA) is 30.7 Å². The van der Waals surface area contributed by atoms with Gasteiger partial charge >= 0.3 is 0 Å². The van der Waals surface area contributed by atoms with Crippen LogP contribution in [0.25, 0.3) is 11.4 Å². The van der Waals surface area contributed by atoms with Crippen molar-refractivity contribution < 1.29 is 0 Å². The van der Waals surface area contributed by atoms with E-state index < -0.39 is 0 Å². The lowest BCUT2D eigenvalue weighted by atomic mass is 10.00. The van der Waals surface area contributed by atoms with E-state index in [2.05, 4.69) is 49.8 Å². The van der Waals surface area contributed by atoms with Gasteiger partial charge in [-0.25, -0.2) is 0 Å². The van der Waals surface area contributed by atoms with Crippen LogP contribution in [0.3, 0.4) is 0 Å². The fourth-order valence-corrected chi connectivity index (χ4v) is 2.56. The summed E-state index contributed by atoms with van der Waals surface area (Å²) in [5.41, 5.74) is 1.14. The lowest BCUT2D eigenvalue weighted by Crippen LogP contribution is -2.17. The fraction of sp³-hybridized carbons (Fsp3) is 0.385. The van der Waals surface area contributed by atoms with E-state index in [1.807, 2.05) is 12.1 Å². The third-order valence-electron chi connectivity index (χ3n) is 3.31. The van der Waals surface area contributed by atoms with Gasteiger partial charge in [0.05, 0.1) is 0 Å². The van der Waals surface area contributed by atoms with Gasteiger partial charge in [-0.05, 0) is 24.5 Å². The summed E-state index contributed by atoms with van der Waals surface area (Å²) < 4.78 is 3.34. The summed E-state index contributed by atoms with van der Waals surface area (Å²) in [6, 6.07) is 8.25. The number of aromatic nitrogens is 3. The molecule has 2 aromatic rings. The molecule has 3 rings (SSSR count). The summed E-state index contributed by atoms with van der Waals surface area (Å²) in [6.45, 7) is 3.31. The number of rotatable bonds is 1. The van der Waals surface area contributed by atoms with Crippen molar-refractivity contribution in [1.29, 1.82) is 0 Å². The molecule has 0 saturated heterocycles. The standard InChI is InChI=1S/C13H14BrN3/c1-9-6-7-17-12(8-9)15-16-13(17)10-2-4-11(14)5-3-10/h2-5,9H,6-8H2,1H3. The molecule has 0 saturated carbocycles. The van der Waals surface area contributed by atoms with Gasteiger partial charge < -0.3 is 4.57 Å². The fourth-order valence-electron chi connectivity index (χ4n) is 2.30. The first-order valence-corrected chi connectivity index (χ1v) is 6.71. The molecule has 1 atom stereocenters. The zero-order valence-electron chi connectivity index (χ0n) is 9.73. The van der Waals surface area contributed by atoms with Crippen molar-refractivity contribution in [3.8, 4) is 11.4 Å². The largest absolute Gasteiger partial charge is 0.311 e. The molecule has 4 heteroatoms. The van der Waals surface area contributed by atoms with Crippen molar-refractivity contribution in [3.05, 3.63) is 34.6 Å². The molecular formula is C13H14BrN3. The average molecular weight is 292 g/mol. The van der Waals surface area contributed by atoms with Crippen LogP contribution >= 0.6 is 15.9 Å². The SMILES string of the molecule is CC1CCn2c(nnc2-c2ccc(Br)cc2)C1. The zero-order valence-corrected chi connectivity index (χ0v) is 11.3. The summed E-state index contributed by atoms with van der Waals surface area (Å²) >= 11 is 3.45. The van der Waals surface area contributed by atoms with E-state index in [9.17, 15) is 0 Å². The zero-order chi connectivity index (χ0) is 11.8. The van der Waals surface area contributed by atoms with Gasteiger partial charge in [0.2, 0.25) is 0 Å².